The maximum absolute atomic E-state index is 4.53. The molecule has 0 fully saturated rings. The van der Waals surface area contributed by atoms with Crippen molar-refractivity contribution in [1.29, 1.82) is 0 Å². The van der Waals surface area contributed by atoms with Crippen LogP contribution in [0.25, 0.3) is 11.0 Å². The third kappa shape index (κ3) is 3.16. The molecule has 0 aliphatic heterocycles. The summed E-state index contributed by atoms with van der Waals surface area (Å²) in [5.41, 5.74) is 5.00. The fourth-order valence-corrected chi connectivity index (χ4v) is 2.35. The number of rotatable bonds is 5. The van der Waals surface area contributed by atoms with E-state index in [1.165, 1.54) is 16.6 Å². The Labute approximate surface area is 116 Å². The van der Waals surface area contributed by atoms with Gasteiger partial charge in [0.2, 0.25) is 0 Å². The largest absolute Gasteiger partial charge is 0.328 e. The van der Waals surface area contributed by atoms with Gasteiger partial charge in [-0.3, -0.25) is 0 Å². The van der Waals surface area contributed by atoms with Crippen molar-refractivity contribution < 1.29 is 0 Å². The van der Waals surface area contributed by atoms with Crippen LogP contribution in [-0.2, 0) is 0 Å². The molecule has 0 bridgehead atoms. The lowest BCUT2D eigenvalue weighted by atomic mass is 10.1. The molecule has 0 amide bonds. The smallest absolute Gasteiger partial charge is 0.0960 e. The van der Waals surface area contributed by atoms with E-state index in [9.17, 15) is 0 Å². The van der Waals surface area contributed by atoms with E-state index in [0.717, 1.165) is 18.5 Å². The van der Waals surface area contributed by atoms with Gasteiger partial charge in [0.25, 0.3) is 0 Å². The molecular weight excluding hydrogens is 234 g/mol. The monoisotopic (exact) mass is 259 g/mol. The molecule has 0 spiro atoms. The minimum absolute atomic E-state index is 0.471. The normalized spacial score (nSPS) is 13.4. The Bertz CT molecular complexity index is 554. The average molecular weight is 259 g/mol. The highest BCUT2D eigenvalue weighted by Gasteiger charge is 2.10. The second-order valence-electron chi connectivity index (χ2n) is 5.82. The molecule has 1 atom stereocenters. The maximum atomic E-state index is 4.53. The van der Waals surface area contributed by atoms with E-state index in [2.05, 4.69) is 61.6 Å². The number of imidazole rings is 1. The summed E-state index contributed by atoms with van der Waals surface area (Å²) in [5.74, 6) is 0. The Morgan fingerprint density at radius 2 is 1.84 bits per heavy atom. The van der Waals surface area contributed by atoms with Gasteiger partial charge in [-0.25, -0.2) is 4.98 Å². The van der Waals surface area contributed by atoms with Crippen molar-refractivity contribution in [2.24, 2.45) is 0 Å². The molecule has 3 heteroatoms. The second-order valence-corrected chi connectivity index (χ2v) is 5.82. The molecule has 1 aromatic heterocycles. The number of aryl methyl sites for hydroxylation is 2. The Morgan fingerprint density at radius 1 is 1.16 bits per heavy atom. The average Bonchev–Trinajstić information content (AvgIpc) is 2.72. The zero-order valence-electron chi connectivity index (χ0n) is 12.7. The summed E-state index contributed by atoms with van der Waals surface area (Å²) in [6.07, 6.45) is 3.10. The summed E-state index contributed by atoms with van der Waals surface area (Å²) in [6.45, 7) is 12.0. The topological polar surface area (TPSA) is 29.9 Å². The molecule has 1 heterocycles. The van der Waals surface area contributed by atoms with Gasteiger partial charge in [-0.1, -0.05) is 13.8 Å². The van der Waals surface area contributed by atoms with Crippen LogP contribution in [-0.4, -0.2) is 22.1 Å². The molecule has 0 saturated carbocycles. The van der Waals surface area contributed by atoms with Crippen LogP contribution in [0.3, 0.4) is 0 Å². The van der Waals surface area contributed by atoms with Gasteiger partial charge >= 0.3 is 0 Å². The summed E-state index contributed by atoms with van der Waals surface area (Å²) in [4.78, 5) is 4.53. The minimum Gasteiger partial charge on any atom is -0.328 e. The highest BCUT2D eigenvalue weighted by Crippen LogP contribution is 2.22. The molecule has 2 aromatic rings. The number of nitrogens with zero attached hydrogens (tertiary/aromatic N) is 2. The first kappa shape index (κ1) is 14.1. The number of nitrogens with one attached hydrogen (secondary N) is 1. The van der Waals surface area contributed by atoms with Gasteiger partial charge in [-0.05, 0) is 57.0 Å². The summed E-state index contributed by atoms with van der Waals surface area (Å²) in [6, 6.07) is 5.46. The third-order valence-electron chi connectivity index (χ3n) is 3.78. The second kappa shape index (κ2) is 5.74. The number of benzene rings is 1. The van der Waals surface area contributed by atoms with Crippen molar-refractivity contribution in [3.05, 3.63) is 29.6 Å². The Kier molecular flexibility index (Phi) is 4.25. The number of fused-ring (bicyclic) bond motifs is 1. The highest BCUT2D eigenvalue weighted by molar-refractivity contribution is 5.77. The molecule has 1 unspecified atom stereocenters. The zero-order chi connectivity index (χ0) is 14.0. The molecule has 0 saturated heterocycles. The van der Waals surface area contributed by atoms with Gasteiger partial charge < -0.3 is 9.88 Å². The van der Waals surface area contributed by atoms with E-state index < -0.39 is 0 Å². The van der Waals surface area contributed by atoms with Gasteiger partial charge in [0.05, 0.1) is 17.4 Å². The first-order valence-electron chi connectivity index (χ1n) is 7.16. The lowest BCUT2D eigenvalue weighted by Gasteiger charge is -2.16. The number of aromatic nitrogens is 2. The molecule has 1 aromatic carbocycles. The van der Waals surface area contributed by atoms with Crippen LogP contribution in [0.1, 0.15) is 44.4 Å². The molecule has 3 nitrogen and oxygen atoms in total. The first-order chi connectivity index (χ1) is 8.99. The summed E-state index contributed by atoms with van der Waals surface area (Å²) in [7, 11) is 0. The molecule has 104 valence electrons. The van der Waals surface area contributed by atoms with Crippen molar-refractivity contribution in [3.63, 3.8) is 0 Å². The SMILES string of the molecule is Cc1cc2ncn(C(C)CCNC(C)C)c2cc1C. The molecule has 0 aliphatic carbocycles. The van der Waals surface area contributed by atoms with Crippen molar-refractivity contribution >= 4 is 11.0 Å². The van der Waals surface area contributed by atoms with Gasteiger partial charge in [0, 0.05) is 12.1 Å². The van der Waals surface area contributed by atoms with Crippen LogP contribution in [0.15, 0.2) is 18.5 Å². The van der Waals surface area contributed by atoms with Gasteiger partial charge in [0.15, 0.2) is 0 Å². The summed E-state index contributed by atoms with van der Waals surface area (Å²) < 4.78 is 2.30. The van der Waals surface area contributed by atoms with E-state index in [-0.39, 0.29) is 0 Å². The summed E-state index contributed by atoms with van der Waals surface area (Å²) in [5, 5.41) is 3.47. The number of hydrogen-bond donors (Lipinski definition) is 1. The van der Waals surface area contributed by atoms with Crippen LogP contribution in [0.5, 0.6) is 0 Å². The predicted octanol–water partition coefficient (Wildman–Crippen LogP) is 3.60. The zero-order valence-corrected chi connectivity index (χ0v) is 12.7. The molecule has 0 radical (unpaired) electrons. The van der Waals surface area contributed by atoms with Crippen LogP contribution in [0.2, 0.25) is 0 Å². The molecule has 2 rings (SSSR count). The van der Waals surface area contributed by atoms with E-state index in [1.54, 1.807) is 0 Å². The van der Waals surface area contributed by atoms with Crippen LogP contribution in [0, 0.1) is 13.8 Å². The van der Waals surface area contributed by atoms with Gasteiger partial charge in [0.1, 0.15) is 0 Å². The quantitative estimate of drug-likeness (QED) is 0.889. The fourth-order valence-electron chi connectivity index (χ4n) is 2.35. The maximum Gasteiger partial charge on any atom is 0.0960 e. The van der Waals surface area contributed by atoms with Crippen LogP contribution in [0.4, 0.5) is 0 Å². The van der Waals surface area contributed by atoms with Gasteiger partial charge in [-0.15, -0.1) is 0 Å². The van der Waals surface area contributed by atoms with Crippen molar-refractivity contribution in [1.82, 2.24) is 14.9 Å². The Hall–Kier alpha value is -1.35. The molecular formula is C16H25N3. The molecule has 0 aliphatic rings. The third-order valence-corrected chi connectivity index (χ3v) is 3.78. The van der Waals surface area contributed by atoms with Crippen LogP contribution < -0.4 is 5.32 Å². The van der Waals surface area contributed by atoms with E-state index >= 15 is 0 Å². The minimum atomic E-state index is 0.471. The Balaban J connectivity index is 2.18. The van der Waals surface area contributed by atoms with Crippen molar-refractivity contribution in [2.45, 2.75) is 53.1 Å². The highest BCUT2D eigenvalue weighted by atomic mass is 15.1. The van der Waals surface area contributed by atoms with Gasteiger partial charge in [-0.2, -0.15) is 0 Å². The summed E-state index contributed by atoms with van der Waals surface area (Å²) >= 11 is 0. The van der Waals surface area contributed by atoms with E-state index in [0.29, 0.717) is 12.1 Å². The Morgan fingerprint density at radius 3 is 2.53 bits per heavy atom. The molecule has 1 N–H and O–H groups in total. The van der Waals surface area contributed by atoms with E-state index in [1.807, 2.05) is 6.33 Å². The van der Waals surface area contributed by atoms with Crippen LogP contribution >= 0.6 is 0 Å². The first-order valence-corrected chi connectivity index (χ1v) is 7.16. The predicted molar refractivity (Wildman–Crippen MR) is 81.7 cm³/mol. The lowest BCUT2D eigenvalue weighted by Crippen LogP contribution is -2.25. The standard InChI is InChI=1S/C16H25N3/c1-11(2)17-7-6-14(5)19-10-18-15-8-12(3)13(4)9-16(15)19/h8-11,14,17H,6-7H2,1-5H3. The van der Waals surface area contributed by atoms with Crippen molar-refractivity contribution in [2.75, 3.05) is 6.54 Å². The van der Waals surface area contributed by atoms with Crippen molar-refractivity contribution in [3.8, 4) is 0 Å². The lowest BCUT2D eigenvalue weighted by molar-refractivity contribution is 0.472. The molecule has 19 heavy (non-hydrogen) atoms. The number of hydrogen-bond acceptors (Lipinski definition) is 2. The fraction of sp³-hybridized carbons (Fsp3) is 0.562. The van der Waals surface area contributed by atoms with E-state index in [4.69, 9.17) is 0 Å².